The van der Waals surface area contributed by atoms with Crippen LogP contribution in [-0.4, -0.2) is 24.6 Å². The van der Waals surface area contributed by atoms with E-state index in [1.807, 2.05) is 78.9 Å². The van der Waals surface area contributed by atoms with Crippen LogP contribution in [0.1, 0.15) is 19.4 Å². The van der Waals surface area contributed by atoms with E-state index in [1.165, 1.54) is 0 Å². The first-order valence-electron chi connectivity index (χ1n) is 10.1. The second-order valence-corrected chi connectivity index (χ2v) is 7.47. The lowest BCUT2D eigenvalue weighted by molar-refractivity contribution is 0.201. The van der Waals surface area contributed by atoms with Gasteiger partial charge in [-0.25, -0.2) is 4.79 Å². The number of para-hydroxylation sites is 3. The van der Waals surface area contributed by atoms with Gasteiger partial charge < -0.3 is 19.7 Å². The first-order chi connectivity index (χ1) is 14.5. The third kappa shape index (κ3) is 6.01. The summed E-state index contributed by atoms with van der Waals surface area (Å²) in [6.45, 7) is 5.30. The molecule has 30 heavy (non-hydrogen) atoms. The van der Waals surface area contributed by atoms with E-state index in [2.05, 4.69) is 19.2 Å². The first kappa shape index (κ1) is 21.2. The third-order valence-electron chi connectivity index (χ3n) is 4.47. The molecule has 0 saturated carbocycles. The van der Waals surface area contributed by atoms with Crippen molar-refractivity contribution in [1.29, 1.82) is 0 Å². The number of anilines is 1. The average molecular weight is 405 g/mol. The van der Waals surface area contributed by atoms with Crippen molar-refractivity contribution in [1.82, 2.24) is 4.90 Å². The SMILES string of the molecule is COc1ccccc1NC(=O)N(Cc1cccc(Oc2ccccc2)c1)CC(C)C. The smallest absolute Gasteiger partial charge is 0.322 e. The number of rotatable bonds is 8. The molecule has 0 aromatic heterocycles. The number of carbonyl (C=O) groups excluding carboxylic acids is 1. The fourth-order valence-electron chi connectivity index (χ4n) is 3.15. The Morgan fingerprint density at radius 2 is 1.63 bits per heavy atom. The normalized spacial score (nSPS) is 10.5. The molecule has 0 radical (unpaired) electrons. The molecule has 0 saturated heterocycles. The molecule has 5 nitrogen and oxygen atoms in total. The van der Waals surface area contributed by atoms with Gasteiger partial charge in [-0.1, -0.05) is 56.3 Å². The number of methoxy groups -OCH3 is 1. The van der Waals surface area contributed by atoms with Gasteiger partial charge in [-0.3, -0.25) is 0 Å². The molecule has 3 aromatic carbocycles. The Kier molecular flexibility index (Phi) is 7.33. The summed E-state index contributed by atoms with van der Waals surface area (Å²) in [5, 5.41) is 2.97. The third-order valence-corrected chi connectivity index (χ3v) is 4.47. The fraction of sp³-hybridized carbons (Fsp3) is 0.240. The number of nitrogens with one attached hydrogen (secondary N) is 1. The van der Waals surface area contributed by atoms with Crippen LogP contribution in [-0.2, 0) is 6.54 Å². The molecule has 3 aromatic rings. The van der Waals surface area contributed by atoms with Gasteiger partial charge in [0.15, 0.2) is 0 Å². The van der Waals surface area contributed by atoms with Gasteiger partial charge in [0.25, 0.3) is 0 Å². The second-order valence-electron chi connectivity index (χ2n) is 7.47. The first-order valence-corrected chi connectivity index (χ1v) is 10.1. The highest BCUT2D eigenvalue weighted by Gasteiger charge is 2.17. The van der Waals surface area contributed by atoms with Crippen LogP contribution in [0.4, 0.5) is 10.5 Å². The highest BCUT2D eigenvalue weighted by atomic mass is 16.5. The molecule has 0 fully saturated rings. The second kappa shape index (κ2) is 10.3. The molecule has 0 spiro atoms. The largest absolute Gasteiger partial charge is 0.495 e. The number of hydrogen-bond acceptors (Lipinski definition) is 3. The highest BCUT2D eigenvalue weighted by molar-refractivity contribution is 5.91. The molecule has 0 aliphatic rings. The van der Waals surface area contributed by atoms with Crippen molar-refractivity contribution in [3.8, 4) is 17.2 Å². The van der Waals surface area contributed by atoms with Crippen LogP contribution in [0, 0.1) is 5.92 Å². The Balaban J connectivity index is 1.74. The van der Waals surface area contributed by atoms with Crippen molar-refractivity contribution >= 4 is 11.7 Å². The van der Waals surface area contributed by atoms with Crippen molar-refractivity contribution < 1.29 is 14.3 Å². The van der Waals surface area contributed by atoms with Crippen LogP contribution in [0.25, 0.3) is 0 Å². The van der Waals surface area contributed by atoms with Gasteiger partial charge in [-0.15, -0.1) is 0 Å². The molecule has 0 unspecified atom stereocenters. The summed E-state index contributed by atoms with van der Waals surface area (Å²) >= 11 is 0. The number of benzene rings is 3. The maximum absolute atomic E-state index is 13.0. The zero-order chi connectivity index (χ0) is 21.3. The number of ether oxygens (including phenoxy) is 2. The van der Waals surface area contributed by atoms with E-state index in [-0.39, 0.29) is 6.03 Å². The number of hydrogen-bond donors (Lipinski definition) is 1. The zero-order valence-corrected chi connectivity index (χ0v) is 17.7. The van der Waals surface area contributed by atoms with Crippen molar-refractivity contribution in [3.05, 3.63) is 84.4 Å². The molecule has 156 valence electrons. The maximum Gasteiger partial charge on any atom is 0.322 e. The van der Waals surface area contributed by atoms with Gasteiger partial charge in [-0.05, 0) is 47.9 Å². The summed E-state index contributed by atoms with van der Waals surface area (Å²) in [4.78, 5) is 14.8. The van der Waals surface area contributed by atoms with Gasteiger partial charge in [0, 0.05) is 13.1 Å². The van der Waals surface area contributed by atoms with Crippen molar-refractivity contribution in [2.75, 3.05) is 19.0 Å². The van der Waals surface area contributed by atoms with Crippen LogP contribution in [0.2, 0.25) is 0 Å². The zero-order valence-electron chi connectivity index (χ0n) is 17.7. The van der Waals surface area contributed by atoms with Gasteiger partial charge in [-0.2, -0.15) is 0 Å². The lowest BCUT2D eigenvalue weighted by Gasteiger charge is -2.25. The van der Waals surface area contributed by atoms with E-state index in [4.69, 9.17) is 9.47 Å². The predicted octanol–water partition coefficient (Wildman–Crippen LogP) is 6.18. The fourth-order valence-corrected chi connectivity index (χ4v) is 3.15. The van der Waals surface area contributed by atoms with Crippen LogP contribution < -0.4 is 14.8 Å². The summed E-state index contributed by atoms with van der Waals surface area (Å²) in [5.74, 6) is 2.49. The minimum absolute atomic E-state index is 0.164. The van der Waals surface area contributed by atoms with Crippen LogP contribution >= 0.6 is 0 Å². The summed E-state index contributed by atoms with van der Waals surface area (Å²) in [6, 6.07) is 24.7. The summed E-state index contributed by atoms with van der Waals surface area (Å²) in [6.07, 6.45) is 0. The van der Waals surface area contributed by atoms with E-state index < -0.39 is 0 Å². The highest BCUT2D eigenvalue weighted by Crippen LogP contribution is 2.25. The molecule has 0 atom stereocenters. The quantitative estimate of drug-likeness (QED) is 0.488. The monoisotopic (exact) mass is 404 g/mol. The molecule has 0 aliphatic carbocycles. The van der Waals surface area contributed by atoms with E-state index >= 15 is 0 Å². The standard InChI is InChI=1S/C25H28N2O3/c1-19(2)17-27(25(28)26-23-14-7-8-15-24(23)29-3)18-20-10-9-13-22(16-20)30-21-11-5-4-6-12-21/h4-16,19H,17-18H2,1-3H3,(H,26,28). The lowest BCUT2D eigenvalue weighted by atomic mass is 10.1. The topological polar surface area (TPSA) is 50.8 Å². The number of urea groups is 1. The molecule has 5 heteroatoms. The van der Waals surface area contributed by atoms with Gasteiger partial charge in [0.05, 0.1) is 12.8 Å². The van der Waals surface area contributed by atoms with Gasteiger partial charge >= 0.3 is 6.03 Å². The Labute approximate surface area is 178 Å². The number of amides is 2. The minimum atomic E-state index is -0.164. The van der Waals surface area contributed by atoms with Crippen molar-refractivity contribution in [3.63, 3.8) is 0 Å². The van der Waals surface area contributed by atoms with Crippen LogP contribution in [0.5, 0.6) is 17.2 Å². The van der Waals surface area contributed by atoms with Crippen LogP contribution in [0.3, 0.4) is 0 Å². The number of carbonyl (C=O) groups is 1. The van der Waals surface area contributed by atoms with Crippen molar-refractivity contribution in [2.24, 2.45) is 5.92 Å². The molecule has 0 bridgehead atoms. The average Bonchev–Trinajstić information content (AvgIpc) is 2.74. The van der Waals surface area contributed by atoms with Gasteiger partial charge in [0.2, 0.25) is 0 Å². The maximum atomic E-state index is 13.0. The lowest BCUT2D eigenvalue weighted by Crippen LogP contribution is -2.37. The summed E-state index contributed by atoms with van der Waals surface area (Å²) < 4.78 is 11.3. The number of nitrogens with zero attached hydrogens (tertiary/aromatic N) is 1. The Morgan fingerprint density at radius 3 is 2.37 bits per heavy atom. The Morgan fingerprint density at radius 1 is 0.933 bits per heavy atom. The van der Waals surface area contributed by atoms with Crippen LogP contribution in [0.15, 0.2) is 78.9 Å². The molecular formula is C25H28N2O3. The molecular weight excluding hydrogens is 376 g/mol. The van der Waals surface area contributed by atoms with E-state index in [0.29, 0.717) is 30.4 Å². The molecule has 1 N–H and O–H groups in total. The molecule has 0 heterocycles. The van der Waals surface area contributed by atoms with E-state index in [0.717, 1.165) is 17.1 Å². The van der Waals surface area contributed by atoms with Crippen molar-refractivity contribution in [2.45, 2.75) is 20.4 Å². The Bertz CT molecular complexity index is 957. The Hall–Kier alpha value is -3.47. The molecule has 0 aliphatic heterocycles. The van der Waals surface area contributed by atoms with E-state index in [1.54, 1.807) is 12.0 Å². The minimum Gasteiger partial charge on any atom is -0.495 e. The predicted molar refractivity (Wildman–Crippen MR) is 120 cm³/mol. The molecule has 3 rings (SSSR count). The summed E-state index contributed by atoms with van der Waals surface area (Å²) in [5.41, 5.74) is 1.65. The van der Waals surface area contributed by atoms with Gasteiger partial charge in [0.1, 0.15) is 17.2 Å². The molecule has 2 amide bonds. The van der Waals surface area contributed by atoms with E-state index in [9.17, 15) is 4.79 Å². The summed E-state index contributed by atoms with van der Waals surface area (Å²) in [7, 11) is 1.59.